The number of aliphatic imine (C=N–C) groups is 1. The fourth-order valence-corrected chi connectivity index (χ4v) is 9.96. The van der Waals surface area contributed by atoms with Crippen molar-refractivity contribution in [3.63, 3.8) is 0 Å². The Balaban J connectivity index is 1.22. The smallest absolute Gasteiger partial charge is 0.407 e. The summed E-state index contributed by atoms with van der Waals surface area (Å²) in [5, 5.41) is 7.75. The molecule has 5 rings (SSSR count). The first-order chi connectivity index (χ1) is 30.8. The molecule has 18 heteroatoms. The molecular weight excluding hydrogens is 867 g/mol. The number of nitrogens with zero attached hydrogens (tertiary/aromatic N) is 1. The van der Waals surface area contributed by atoms with Gasteiger partial charge in [0.2, 0.25) is 23.7 Å². The molecule has 0 radical (unpaired) electrons. The standard InChI is InChI=1S/C48H65N7O10S/c1-26(2)22-37(43(58)52-36(42(49)57)20-15-21-51-45(50)55-66(61,62)41-28(4)27(3)40-34(29(41)5)24-48(9,10)65-40)53-44(59)38(23-39(56)64-47(6,7)8)54-46(60)63-25-35-32-18-13-11-16-30(32)31-17-12-14-19-33(31)35/h11-14,16-19,26,35-38H,15,20-25H2,1-10H3,(H2,49,57)(H,52,58)(H,53,59)(H,54,60)(H3,50,51,55)/t36-,37-,38-/m0/s1. The number of sulfonamides is 1. The Kier molecular flexibility index (Phi) is 15.8. The summed E-state index contributed by atoms with van der Waals surface area (Å²) >= 11 is 0. The molecule has 358 valence electrons. The van der Waals surface area contributed by atoms with Gasteiger partial charge < -0.3 is 41.6 Å². The van der Waals surface area contributed by atoms with E-state index in [1.54, 1.807) is 34.6 Å². The average Bonchev–Trinajstić information content (AvgIpc) is 3.72. The Bertz CT molecular complexity index is 2450. The minimum atomic E-state index is -4.15. The first-order valence-electron chi connectivity index (χ1n) is 22.2. The van der Waals surface area contributed by atoms with Crippen molar-refractivity contribution in [2.45, 2.75) is 141 Å². The molecule has 0 bridgehead atoms. The maximum atomic E-state index is 13.9. The van der Waals surface area contributed by atoms with Crippen molar-refractivity contribution in [3.05, 3.63) is 81.9 Å². The monoisotopic (exact) mass is 931 g/mol. The van der Waals surface area contributed by atoms with Crippen LogP contribution in [0.15, 0.2) is 58.4 Å². The van der Waals surface area contributed by atoms with Crippen molar-refractivity contribution >= 4 is 45.8 Å². The van der Waals surface area contributed by atoms with Gasteiger partial charge >= 0.3 is 12.1 Å². The Morgan fingerprint density at radius 2 is 1.42 bits per heavy atom. The van der Waals surface area contributed by atoms with E-state index in [9.17, 15) is 32.4 Å². The molecule has 0 unspecified atom stereocenters. The molecule has 0 saturated heterocycles. The van der Waals surface area contributed by atoms with E-state index in [2.05, 4.69) is 25.7 Å². The van der Waals surface area contributed by atoms with Crippen molar-refractivity contribution in [1.29, 1.82) is 0 Å². The number of carbonyl (C=O) groups excluding carboxylic acids is 5. The van der Waals surface area contributed by atoms with E-state index < -0.39 is 75.6 Å². The zero-order chi connectivity index (χ0) is 48.9. The maximum Gasteiger partial charge on any atom is 0.407 e. The number of hydrogen-bond acceptors (Lipinski definition) is 11. The van der Waals surface area contributed by atoms with Crippen LogP contribution < -0.4 is 36.9 Å². The molecule has 3 atom stereocenters. The van der Waals surface area contributed by atoms with E-state index in [0.29, 0.717) is 23.3 Å². The minimum absolute atomic E-state index is 0.00439. The van der Waals surface area contributed by atoms with Gasteiger partial charge in [-0.15, -0.1) is 0 Å². The number of fused-ring (bicyclic) bond motifs is 4. The molecule has 0 aromatic heterocycles. The number of primary amides is 1. The maximum absolute atomic E-state index is 13.9. The number of benzene rings is 3. The molecule has 8 N–H and O–H groups in total. The van der Waals surface area contributed by atoms with Gasteiger partial charge in [0.05, 0.1) is 11.3 Å². The second-order valence-electron chi connectivity index (χ2n) is 19.0. The van der Waals surface area contributed by atoms with Crippen LogP contribution in [0.4, 0.5) is 4.79 Å². The van der Waals surface area contributed by atoms with Crippen LogP contribution in [-0.4, -0.2) is 86.6 Å². The number of rotatable bonds is 18. The molecule has 0 spiro atoms. The zero-order valence-electron chi connectivity index (χ0n) is 39.5. The van der Waals surface area contributed by atoms with Gasteiger partial charge in [-0.1, -0.05) is 62.4 Å². The summed E-state index contributed by atoms with van der Waals surface area (Å²) in [7, 11) is -4.15. The van der Waals surface area contributed by atoms with Crippen molar-refractivity contribution in [3.8, 4) is 16.9 Å². The van der Waals surface area contributed by atoms with Crippen LogP contribution in [0.2, 0.25) is 0 Å². The molecule has 1 heterocycles. The van der Waals surface area contributed by atoms with Crippen LogP contribution in [0.5, 0.6) is 5.75 Å². The van der Waals surface area contributed by atoms with E-state index in [0.717, 1.165) is 33.4 Å². The molecular formula is C48H65N7O10S. The molecule has 66 heavy (non-hydrogen) atoms. The summed E-state index contributed by atoms with van der Waals surface area (Å²) < 4.78 is 46.8. The second kappa shape index (κ2) is 20.6. The molecule has 0 fully saturated rings. The van der Waals surface area contributed by atoms with Crippen LogP contribution in [0.1, 0.15) is 113 Å². The molecule has 1 aliphatic heterocycles. The van der Waals surface area contributed by atoms with Crippen LogP contribution in [0, 0.1) is 26.7 Å². The summed E-state index contributed by atoms with van der Waals surface area (Å²) in [4.78, 5) is 71.0. The lowest BCUT2D eigenvalue weighted by Crippen LogP contribution is -2.57. The number of carbonyl (C=O) groups is 5. The van der Waals surface area contributed by atoms with Crippen molar-refractivity contribution in [2.24, 2.45) is 22.4 Å². The Morgan fingerprint density at radius 3 is 2.00 bits per heavy atom. The largest absolute Gasteiger partial charge is 0.487 e. The van der Waals surface area contributed by atoms with Crippen LogP contribution >= 0.6 is 0 Å². The molecule has 3 aromatic rings. The molecule has 0 saturated carbocycles. The lowest BCUT2D eigenvalue weighted by atomic mass is 9.94. The second-order valence-corrected chi connectivity index (χ2v) is 20.7. The van der Waals surface area contributed by atoms with Gasteiger partial charge in [-0.3, -0.25) is 24.2 Å². The Labute approximate surface area is 387 Å². The highest BCUT2D eigenvalue weighted by atomic mass is 32.2. The van der Waals surface area contributed by atoms with Crippen molar-refractivity contribution < 1.29 is 46.6 Å². The molecule has 17 nitrogen and oxygen atoms in total. The first-order valence-corrected chi connectivity index (χ1v) is 23.6. The fraction of sp³-hybridized carbons (Fsp3) is 0.500. The number of esters is 1. The third-order valence-electron chi connectivity index (χ3n) is 11.5. The predicted octanol–water partition coefficient (Wildman–Crippen LogP) is 4.84. The third-order valence-corrected chi connectivity index (χ3v) is 13.1. The normalized spacial score (nSPS) is 15.6. The van der Waals surface area contributed by atoms with Gasteiger partial charge in [-0.2, -0.15) is 0 Å². The summed E-state index contributed by atoms with van der Waals surface area (Å²) in [6.07, 6.45) is -0.733. The SMILES string of the molecule is Cc1c(C)c(S(=O)(=O)NC(N)=NCCC[C@H](NC(=O)[C@H](CC(C)C)NC(=O)[C@H](CC(=O)OC(C)(C)C)NC(=O)OCC2c3ccccc3-c3ccccc32)C(N)=O)c(C)c2c1OC(C)(C)C2. The molecule has 3 aromatic carbocycles. The summed E-state index contributed by atoms with van der Waals surface area (Å²) in [6, 6.07) is 11.7. The van der Waals surface area contributed by atoms with Crippen LogP contribution in [0.25, 0.3) is 11.1 Å². The quantitative estimate of drug-likeness (QED) is 0.0435. The van der Waals surface area contributed by atoms with E-state index in [4.69, 9.17) is 25.7 Å². The van der Waals surface area contributed by atoms with Gasteiger partial charge in [-0.05, 0) is 120 Å². The van der Waals surface area contributed by atoms with Gasteiger partial charge in [0.25, 0.3) is 10.0 Å². The fourth-order valence-electron chi connectivity index (χ4n) is 8.44. The third kappa shape index (κ3) is 12.6. The molecule has 2 aliphatic rings. The lowest BCUT2D eigenvalue weighted by Gasteiger charge is -2.26. The number of hydrogen-bond donors (Lipinski definition) is 6. The lowest BCUT2D eigenvalue weighted by molar-refractivity contribution is -0.156. The first kappa shape index (κ1) is 50.8. The van der Waals surface area contributed by atoms with Gasteiger partial charge in [0, 0.05) is 24.4 Å². The number of nitrogens with one attached hydrogen (secondary N) is 4. The zero-order valence-corrected chi connectivity index (χ0v) is 40.4. The number of amides is 4. The van der Waals surface area contributed by atoms with E-state index in [-0.39, 0.29) is 55.1 Å². The molecule has 1 aliphatic carbocycles. The van der Waals surface area contributed by atoms with Crippen LogP contribution in [0.3, 0.4) is 0 Å². The number of alkyl carbamates (subject to hydrolysis) is 1. The van der Waals surface area contributed by atoms with Gasteiger partial charge in [-0.25, -0.2) is 17.9 Å². The highest BCUT2D eigenvalue weighted by Crippen LogP contribution is 2.45. The highest BCUT2D eigenvalue weighted by Gasteiger charge is 2.38. The highest BCUT2D eigenvalue weighted by molar-refractivity contribution is 7.90. The number of ether oxygens (including phenoxy) is 3. The van der Waals surface area contributed by atoms with Gasteiger partial charge in [0.15, 0.2) is 0 Å². The number of guanidine groups is 1. The van der Waals surface area contributed by atoms with E-state index in [1.807, 2.05) is 83.1 Å². The summed E-state index contributed by atoms with van der Waals surface area (Å²) in [6.45, 7) is 17.7. The predicted molar refractivity (Wildman–Crippen MR) is 250 cm³/mol. The average molecular weight is 932 g/mol. The summed E-state index contributed by atoms with van der Waals surface area (Å²) in [5.41, 5.74) is 17.0. The minimum Gasteiger partial charge on any atom is -0.487 e. The molecule has 4 amide bonds. The van der Waals surface area contributed by atoms with Crippen LogP contribution in [-0.2, 0) is 45.1 Å². The van der Waals surface area contributed by atoms with Crippen molar-refractivity contribution in [1.82, 2.24) is 20.7 Å². The topological polar surface area (TPSA) is 260 Å². The van der Waals surface area contributed by atoms with E-state index >= 15 is 0 Å². The Hall–Kier alpha value is -6.17. The van der Waals surface area contributed by atoms with E-state index in [1.165, 1.54) is 0 Å². The van der Waals surface area contributed by atoms with Gasteiger partial charge in [0.1, 0.15) is 41.7 Å². The summed E-state index contributed by atoms with van der Waals surface area (Å²) in [5.74, 6) is -3.32. The Morgan fingerprint density at radius 1 is 0.848 bits per heavy atom. The van der Waals surface area contributed by atoms with Crippen molar-refractivity contribution in [2.75, 3.05) is 13.2 Å². The number of nitrogens with two attached hydrogens (primary N) is 2.